The van der Waals surface area contributed by atoms with E-state index >= 15 is 0 Å². The zero-order valence-corrected chi connectivity index (χ0v) is 15.0. The van der Waals surface area contributed by atoms with Gasteiger partial charge in [0.2, 0.25) is 0 Å². The Morgan fingerprint density at radius 3 is 2.45 bits per heavy atom. The zero-order valence-electron chi connectivity index (χ0n) is 10.3. The number of pyridine rings is 1. The van der Waals surface area contributed by atoms with E-state index in [2.05, 4.69) is 36.8 Å². The normalized spacial score (nSPS) is 10.4. The van der Waals surface area contributed by atoms with Gasteiger partial charge in [-0.3, -0.25) is 0 Å². The number of methoxy groups -OCH3 is 1. The van der Waals surface area contributed by atoms with E-state index < -0.39 is 0 Å². The van der Waals surface area contributed by atoms with Gasteiger partial charge in [-0.05, 0) is 56.1 Å². The maximum atomic E-state index is 6.04. The van der Waals surface area contributed by atoms with Crippen molar-refractivity contribution in [3.8, 4) is 11.5 Å². The molecule has 0 aliphatic carbocycles. The molecule has 0 amide bonds. The van der Waals surface area contributed by atoms with Crippen LogP contribution < -0.4 is 9.47 Å². The molecule has 0 spiro atoms. The molecule has 0 saturated carbocycles. The van der Waals surface area contributed by atoms with Crippen molar-refractivity contribution in [2.45, 2.75) is 6.61 Å². The summed E-state index contributed by atoms with van der Waals surface area (Å²) in [7, 11) is 1.60. The Labute approximate surface area is 143 Å². The zero-order chi connectivity index (χ0) is 14.7. The second-order valence-corrected chi connectivity index (χ2v) is 6.27. The fourth-order valence-electron chi connectivity index (χ4n) is 1.48. The molecule has 3 nitrogen and oxygen atoms in total. The fraction of sp³-hybridized carbons (Fsp3) is 0.154. The minimum atomic E-state index is 0.219. The van der Waals surface area contributed by atoms with Crippen molar-refractivity contribution < 1.29 is 9.47 Å². The average molecular weight is 442 g/mol. The number of halogens is 4. The lowest BCUT2D eigenvalue weighted by Gasteiger charge is -2.11. The highest BCUT2D eigenvalue weighted by molar-refractivity contribution is 9.11. The third kappa shape index (κ3) is 3.79. The molecule has 0 aliphatic heterocycles. The van der Waals surface area contributed by atoms with Gasteiger partial charge in [-0.1, -0.05) is 23.2 Å². The summed E-state index contributed by atoms with van der Waals surface area (Å²) in [5.41, 5.74) is 0.581. The molecule has 20 heavy (non-hydrogen) atoms. The van der Waals surface area contributed by atoms with Crippen LogP contribution in [0.25, 0.3) is 0 Å². The van der Waals surface area contributed by atoms with E-state index in [0.29, 0.717) is 27.4 Å². The minimum Gasteiger partial charge on any atom is -0.496 e. The van der Waals surface area contributed by atoms with Crippen molar-refractivity contribution in [1.29, 1.82) is 0 Å². The summed E-state index contributed by atoms with van der Waals surface area (Å²) in [6, 6.07) is 6.94. The third-order valence-corrected chi connectivity index (χ3v) is 4.25. The molecule has 0 unspecified atom stereocenters. The first kappa shape index (κ1) is 15.9. The van der Waals surface area contributed by atoms with Crippen LogP contribution in [-0.2, 0) is 6.61 Å². The molecule has 2 aromatic rings. The summed E-state index contributed by atoms with van der Waals surface area (Å²) < 4.78 is 12.5. The van der Waals surface area contributed by atoms with E-state index in [4.69, 9.17) is 32.7 Å². The molecule has 0 saturated heterocycles. The molecular formula is C13H9Br2Cl2NO2. The Hall–Kier alpha value is -0.490. The molecule has 106 valence electrons. The molecule has 1 aromatic carbocycles. The third-order valence-electron chi connectivity index (χ3n) is 2.46. The predicted octanol–water partition coefficient (Wildman–Crippen LogP) is 5.50. The van der Waals surface area contributed by atoms with Crippen LogP contribution in [0.4, 0.5) is 0 Å². The Balaban J connectivity index is 2.19. The molecule has 1 heterocycles. The first-order valence-electron chi connectivity index (χ1n) is 5.48. The smallest absolute Gasteiger partial charge is 0.135 e. The molecule has 0 aliphatic rings. The van der Waals surface area contributed by atoms with Crippen LogP contribution in [0.3, 0.4) is 0 Å². The molecule has 0 bridgehead atoms. The highest BCUT2D eigenvalue weighted by Crippen LogP contribution is 2.36. The second-order valence-electron chi connectivity index (χ2n) is 3.77. The first-order chi connectivity index (χ1) is 9.51. The fourth-order valence-corrected chi connectivity index (χ4v) is 2.73. The molecule has 0 fully saturated rings. The van der Waals surface area contributed by atoms with Gasteiger partial charge in [0.1, 0.15) is 23.3 Å². The Kier molecular flexibility index (Phi) is 5.55. The van der Waals surface area contributed by atoms with Crippen LogP contribution in [0.2, 0.25) is 10.2 Å². The number of nitrogens with zero attached hydrogens (tertiary/aromatic N) is 1. The average Bonchev–Trinajstić information content (AvgIpc) is 2.42. The molecule has 0 atom stereocenters. The van der Waals surface area contributed by atoms with E-state index in [1.165, 1.54) is 0 Å². The maximum absolute atomic E-state index is 6.04. The monoisotopic (exact) mass is 439 g/mol. The van der Waals surface area contributed by atoms with Crippen LogP contribution in [0.5, 0.6) is 11.5 Å². The summed E-state index contributed by atoms with van der Waals surface area (Å²) in [6.07, 6.45) is 0. The summed E-state index contributed by atoms with van der Waals surface area (Å²) in [5.74, 6) is 1.36. The number of rotatable bonds is 4. The van der Waals surface area contributed by atoms with Crippen molar-refractivity contribution in [3.63, 3.8) is 0 Å². The molecule has 2 rings (SSSR count). The second kappa shape index (κ2) is 6.98. The van der Waals surface area contributed by atoms with Crippen LogP contribution in [0, 0.1) is 0 Å². The minimum absolute atomic E-state index is 0.219. The Bertz CT molecular complexity index is 638. The van der Waals surface area contributed by atoms with Gasteiger partial charge in [-0.15, -0.1) is 0 Å². The van der Waals surface area contributed by atoms with Crippen molar-refractivity contribution in [2.24, 2.45) is 0 Å². The van der Waals surface area contributed by atoms with Gasteiger partial charge in [0.05, 0.1) is 26.8 Å². The number of benzene rings is 1. The summed E-state index contributed by atoms with van der Waals surface area (Å²) in [6.45, 7) is 0.219. The Morgan fingerprint density at radius 1 is 1.10 bits per heavy atom. The summed E-state index contributed by atoms with van der Waals surface area (Å²) >= 11 is 18.7. The van der Waals surface area contributed by atoms with E-state index in [1.807, 2.05) is 6.07 Å². The van der Waals surface area contributed by atoms with Gasteiger partial charge in [-0.2, -0.15) is 0 Å². The van der Waals surface area contributed by atoms with Gasteiger partial charge in [0.25, 0.3) is 0 Å². The Morgan fingerprint density at radius 2 is 1.75 bits per heavy atom. The van der Waals surface area contributed by atoms with Crippen LogP contribution in [0.1, 0.15) is 5.69 Å². The molecular weight excluding hydrogens is 433 g/mol. The van der Waals surface area contributed by atoms with Crippen molar-refractivity contribution in [3.05, 3.63) is 49.1 Å². The summed E-state index contributed by atoms with van der Waals surface area (Å²) in [5, 5.41) is 0.890. The van der Waals surface area contributed by atoms with Gasteiger partial charge < -0.3 is 9.47 Å². The van der Waals surface area contributed by atoms with E-state index in [1.54, 1.807) is 25.3 Å². The van der Waals surface area contributed by atoms with Gasteiger partial charge in [0, 0.05) is 0 Å². The van der Waals surface area contributed by atoms with Crippen LogP contribution in [0.15, 0.2) is 33.2 Å². The number of hydrogen-bond donors (Lipinski definition) is 0. The lowest BCUT2D eigenvalue weighted by Crippen LogP contribution is -2.00. The predicted molar refractivity (Wildman–Crippen MR) is 87.0 cm³/mol. The van der Waals surface area contributed by atoms with Crippen molar-refractivity contribution >= 4 is 55.1 Å². The lowest BCUT2D eigenvalue weighted by molar-refractivity contribution is 0.298. The van der Waals surface area contributed by atoms with Gasteiger partial charge in [0.15, 0.2) is 0 Å². The van der Waals surface area contributed by atoms with Gasteiger partial charge in [-0.25, -0.2) is 4.98 Å². The highest BCUT2D eigenvalue weighted by atomic mass is 79.9. The maximum Gasteiger partial charge on any atom is 0.135 e. The van der Waals surface area contributed by atoms with Crippen molar-refractivity contribution in [1.82, 2.24) is 4.98 Å². The molecule has 0 N–H and O–H groups in total. The van der Waals surface area contributed by atoms with E-state index in [0.717, 1.165) is 8.95 Å². The largest absolute Gasteiger partial charge is 0.496 e. The molecule has 1 aromatic heterocycles. The molecule has 0 radical (unpaired) electrons. The van der Waals surface area contributed by atoms with E-state index in [-0.39, 0.29) is 6.61 Å². The number of hydrogen-bond acceptors (Lipinski definition) is 3. The van der Waals surface area contributed by atoms with Crippen LogP contribution >= 0.6 is 55.1 Å². The lowest BCUT2D eigenvalue weighted by atomic mass is 10.3. The highest BCUT2D eigenvalue weighted by Gasteiger charge is 2.10. The summed E-state index contributed by atoms with van der Waals surface area (Å²) in [4.78, 5) is 4.13. The number of aromatic nitrogens is 1. The molecule has 7 heteroatoms. The quantitative estimate of drug-likeness (QED) is 0.587. The SMILES string of the molecule is COc1cc(Br)c(OCc2nc(Cl)ccc2Cl)cc1Br. The topological polar surface area (TPSA) is 31.4 Å². The van der Waals surface area contributed by atoms with Crippen molar-refractivity contribution in [2.75, 3.05) is 7.11 Å². The first-order valence-corrected chi connectivity index (χ1v) is 7.82. The standard InChI is InChI=1S/C13H9Br2Cl2NO2/c1-19-11-4-8(15)12(5-7(11)14)20-6-10-9(16)2-3-13(17)18-10/h2-5H,6H2,1H3. The van der Waals surface area contributed by atoms with E-state index in [9.17, 15) is 0 Å². The number of ether oxygens (including phenoxy) is 2. The van der Waals surface area contributed by atoms with Crippen LogP contribution in [-0.4, -0.2) is 12.1 Å². The van der Waals surface area contributed by atoms with Gasteiger partial charge >= 0.3 is 0 Å².